The Morgan fingerprint density at radius 1 is 1.00 bits per heavy atom. The highest BCUT2D eigenvalue weighted by Crippen LogP contribution is 2.40. The molecule has 1 aliphatic rings. The quantitative estimate of drug-likeness (QED) is 0.450. The molecule has 0 nitrogen and oxygen atoms in total. The lowest BCUT2D eigenvalue weighted by atomic mass is 9.79. The van der Waals surface area contributed by atoms with Crippen molar-refractivity contribution in [3.8, 4) is 0 Å². The molecule has 0 bridgehead atoms. The third-order valence-corrected chi connectivity index (χ3v) is 5.88. The largest absolute Gasteiger partial charge is 0.0654 e. The molecule has 5 atom stereocenters. The first-order valence-corrected chi connectivity index (χ1v) is 9.12. The van der Waals surface area contributed by atoms with Crippen molar-refractivity contribution in [3.05, 3.63) is 0 Å². The Hall–Kier alpha value is 0. The zero-order valence-electron chi connectivity index (χ0n) is 14.3. The second kappa shape index (κ2) is 9.03. The minimum atomic E-state index is 0.955. The van der Waals surface area contributed by atoms with Crippen LogP contribution in [0.5, 0.6) is 0 Å². The molecule has 0 aliphatic heterocycles. The van der Waals surface area contributed by atoms with Crippen LogP contribution in [0.2, 0.25) is 0 Å². The number of unbranched alkanes of at least 4 members (excludes halogenated alkanes) is 1. The Kier molecular flexibility index (Phi) is 8.11. The third kappa shape index (κ3) is 5.48. The van der Waals surface area contributed by atoms with Crippen LogP contribution in [0.25, 0.3) is 0 Å². The van der Waals surface area contributed by atoms with E-state index in [9.17, 15) is 0 Å². The fraction of sp³-hybridized carbons (Fsp3) is 1.00. The summed E-state index contributed by atoms with van der Waals surface area (Å²) >= 11 is 0. The van der Waals surface area contributed by atoms with Crippen LogP contribution >= 0.6 is 0 Å². The standard InChI is InChI=1S/C19H38/c1-6-9-10-17(7-2)14-18-12-11-15(4)19(8-3)16(5)13-18/h15-19H,6-14H2,1-5H3. The van der Waals surface area contributed by atoms with Gasteiger partial charge in [0, 0.05) is 0 Å². The van der Waals surface area contributed by atoms with Gasteiger partial charge in [0.1, 0.15) is 0 Å². The van der Waals surface area contributed by atoms with E-state index in [1.54, 1.807) is 0 Å². The van der Waals surface area contributed by atoms with E-state index in [2.05, 4.69) is 34.6 Å². The first-order chi connectivity index (χ1) is 9.12. The van der Waals surface area contributed by atoms with E-state index in [4.69, 9.17) is 0 Å². The summed E-state index contributed by atoms with van der Waals surface area (Å²) in [6, 6.07) is 0. The van der Waals surface area contributed by atoms with Gasteiger partial charge in [-0.15, -0.1) is 0 Å². The maximum atomic E-state index is 2.52. The predicted molar refractivity (Wildman–Crippen MR) is 87.4 cm³/mol. The molecule has 0 spiro atoms. The molecule has 0 N–H and O–H groups in total. The Morgan fingerprint density at radius 2 is 1.74 bits per heavy atom. The normalized spacial score (nSPS) is 33.9. The van der Waals surface area contributed by atoms with Crippen molar-refractivity contribution >= 4 is 0 Å². The first-order valence-electron chi connectivity index (χ1n) is 9.12. The summed E-state index contributed by atoms with van der Waals surface area (Å²) in [7, 11) is 0. The molecule has 1 rings (SSSR count). The highest BCUT2D eigenvalue weighted by molar-refractivity contribution is 4.80. The molecule has 19 heavy (non-hydrogen) atoms. The van der Waals surface area contributed by atoms with Gasteiger partial charge >= 0.3 is 0 Å². The first kappa shape index (κ1) is 17.1. The molecular formula is C19H38. The zero-order valence-corrected chi connectivity index (χ0v) is 14.3. The van der Waals surface area contributed by atoms with Crippen LogP contribution < -0.4 is 0 Å². The molecule has 0 heteroatoms. The summed E-state index contributed by atoms with van der Waals surface area (Å²) in [5, 5.41) is 0. The van der Waals surface area contributed by atoms with Crippen LogP contribution in [0.3, 0.4) is 0 Å². The summed E-state index contributed by atoms with van der Waals surface area (Å²) in [5.74, 6) is 4.93. The Labute approximate surface area is 122 Å². The maximum absolute atomic E-state index is 2.52. The van der Waals surface area contributed by atoms with Crippen molar-refractivity contribution in [2.45, 2.75) is 92.4 Å². The van der Waals surface area contributed by atoms with Gasteiger partial charge in [-0.1, -0.05) is 79.6 Å². The lowest BCUT2D eigenvalue weighted by Crippen LogP contribution is -2.17. The van der Waals surface area contributed by atoms with Crippen LogP contribution in [-0.4, -0.2) is 0 Å². The summed E-state index contributed by atoms with van der Waals surface area (Å²) in [6.07, 6.45) is 13.1. The van der Waals surface area contributed by atoms with Crippen molar-refractivity contribution in [3.63, 3.8) is 0 Å². The molecule has 114 valence electrons. The second-order valence-corrected chi connectivity index (χ2v) is 7.36. The van der Waals surface area contributed by atoms with Gasteiger partial charge in [-0.3, -0.25) is 0 Å². The van der Waals surface area contributed by atoms with E-state index in [1.165, 1.54) is 57.8 Å². The van der Waals surface area contributed by atoms with Crippen molar-refractivity contribution in [2.75, 3.05) is 0 Å². The molecule has 0 aromatic heterocycles. The molecule has 1 fully saturated rings. The van der Waals surface area contributed by atoms with Gasteiger partial charge in [-0.05, 0) is 42.4 Å². The van der Waals surface area contributed by atoms with Crippen LogP contribution in [0.15, 0.2) is 0 Å². The average molecular weight is 267 g/mol. The Morgan fingerprint density at radius 3 is 2.32 bits per heavy atom. The Bertz CT molecular complexity index is 220. The molecule has 0 amide bonds. The molecule has 0 aromatic rings. The van der Waals surface area contributed by atoms with Gasteiger partial charge in [-0.2, -0.15) is 0 Å². The number of hydrogen-bond donors (Lipinski definition) is 0. The molecule has 5 unspecified atom stereocenters. The van der Waals surface area contributed by atoms with Gasteiger partial charge in [0.2, 0.25) is 0 Å². The highest BCUT2D eigenvalue weighted by atomic mass is 14.3. The van der Waals surface area contributed by atoms with Crippen molar-refractivity contribution in [1.29, 1.82) is 0 Å². The minimum Gasteiger partial charge on any atom is -0.0654 e. The van der Waals surface area contributed by atoms with Crippen molar-refractivity contribution in [1.82, 2.24) is 0 Å². The topological polar surface area (TPSA) is 0 Å². The smallest absolute Gasteiger partial charge is 0.0365 e. The highest BCUT2D eigenvalue weighted by Gasteiger charge is 2.29. The van der Waals surface area contributed by atoms with Gasteiger partial charge in [0.25, 0.3) is 0 Å². The second-order valence-electron chi connectivity index (χ2n) is 7.36. The third-order valence-electron chi connectivity index (χ3n) is 5.88. The van der Waals surface area contributed by atoms with E-state index < -0.39 is 0 Å². The van der Waals surface area contributed by atoms with Gasteiger partial charge < -0.3 is 0 Å². The van der Waals surface area contributed by atoms with E-state index in [0.29, 0.717) is 0 Å². The maximum Gasteiger partial charge on any atom is -0.0365 e. The number of rotatable bonds is 7. The summed E-state index contributed by atoms with van der Waals surface area (Å²) < 4.78 is 0. The summed E-state index contributed by atoms with van der Waals surface area (Å²) in [4.78, 5) is 0. The zero-order chi connectivity index (χ0) is 14.3. The lowest BCUT2D eigenvalue weighted by molar-refractivity contribution is 0.235. The fourth-order valence-electron chi connectivity index (χ4n) is 4.56. The van der Waals surface area contributed by atoms with Crippen LogP contribution in [-0.2, 0) is 0 Å². The van der Waals surface area contributed by atoms with Gasteiger partial charge in [0.05, 0.1) is 0 Å². The molecular weight excluding hydrogens is 228 g/mol. The van der Waals surface area contributed by atoms with Crippen LogP contribution in [0, 0.1) is 29.6 Å². The molecule has 1 saturated carbocycles. The molecule has 0 radical (unpaired) electrons. The monoisotopic (exact) mass is 266 g/mol. The molecule has 1 aliphatic carbocycles. The van der Waals surface area contributed by atoms with Crippen molar-refractivity contribution in [2.24, 2.45) is 29.6 Å². The van der Waals surface area contributed by atoms with Crippen molar-refractivity contribution < 1.29 is 0 Å². The fourth-order valence-corrected chi connectivity index (χ4v) is 4.56. The van der Waals surface area contributed by atoms with Crippen LogP contribution in [0.1, 0.15) is 92.4 Å². The predicted octanol–water partition coefficient (Wildman–Crippen LogP) is 6.69. The Balaban J connectivity index is 2.49. The van der Waals surface area contributed by atoms with E-state index in [0.717, 1.165) is 29.6 Å². The summed E-state index contributed by atoms with van der Waals surface area (Å²) in [5.41, 5.74) is 0. The summed E-state index contributed by atoms with van der Waals surface area (Å²) in [6.45, 7) is 12.2. The molecule has 0 heterocycles. The van der Waals surface area contributed by atoms with Gasteiger partial charge in [0.15, 0.2) is 0 Å². The minimum absolute atomic E-state index is 0.955. The average Bonchev–Trinajstić information content (AvgIpc) is 2.53. The van der Waals surface area contributed by atoms with Crippen LogP contribution in [0.4, 0.5) is 0 Å². The van der Waals surface area contributed by atoms with E-state index >= 15 is 0 Å². The number of hydrogen-bond acceptors (Lipinski definition) is 0. The molecule has 0 saturated heterocycles. The van der Waals surface area contributed by atoms with E-state index in [-0.39, 0.29) is 0 Å². The van der Waals surface area contributed by atoms with Gasteiger partial charge in [-0.25, -0.2) is 0 Å². The lowest BCUT2D eigenvalue weighted by Gasteiger charge is -2.27. The molecule has 0 aromatic carbocycles. The van der Waals surface area contributed by atoms with E-state index in [1.807, 2.05) is 0 Å². The SMILES string of the molecule is CCCCC(CC)CC1CCC(C)C(CC)C(C)C1.